The van der Waals surface area contributed by atoms with Gasteiger partial charge in [-0.2, -0.15) is 0 Å². The molecular weight excluding hydrogens is 1330 g/mol. The molecule has 15 rings (SSSR count). The fourth-order valence-corrected chi connectivity index (χ4v) is 18.5. The predicted molar refractivity (Wildman–Crippen MR) is 384 cm³/mol. The third kappa shape index (κ3) is 13.0. The highest BCUT2D eigenvalue weighted by Gasteiger charge is 2.69. The van der Waals surface area contributed by atoms with E-state index in [1.54, 1.807) is 30.9 Å². The molecule has 12 aliphatic rings. The van der Waals surface area contributed by atoms with Gasteiger partial charge in [-0.1, -0.05) is 80.2 Å². The Morgan fingerprint density at radius 3 is 1.34 bits per heavy atom. The molecule has 0 radical (unpaired) electrons. The number of guanidine groups is 1. The van der Waals surface area contributed by atoms with Crippen LogP contribution in [0, 0.1) is 34.0 Å². The molecule has 0 bridgehead atoms. The lowest BCUT2D eigenvalue weighted by Gasteiger charge is -2.46. The van der Waals surface area contributed by atoms with E-state index in [0.29, 0.717) is 35.4 Å². The average Bonchev–Trinajstić information content (AvgIpc) is 1.54. The molecule has 3 atom stereocenters. The quantitative estimate of drug-likeness (QED) is 0.0585. The van der Waals surface area contributed by atoms with Gasteiger partial charge in [-0.15, -0.1) is 0 Å². The zero-order valence-electron chi connectivity index (χ0n) is 57.0. The van der Waals surface area contributed by atoms with E-state index >= 15 is 0 Å². The summed E-state index contributed by atoms with van der Waals surface area (Å²) in [5.41, 5.74) is 10.2. The first kappa shape index (κ1) is 69.4. The van der Waals surface area contributed by atoms with Gasteiger partial charge in [-0.3, -0.25) is 24.2 Å². The van der Waals surface area contributed by atoms with Crippen LogP contribution >= 0.6 is 46.6 Å². The van der Waals surface area contributed by atoms with Crippen molar-refractivity contribution in [2.75, 3.05) is 64.4 Å². The highest BCUT2D eigenvalue weighted by molar-refractivity contribution is 14.1. The fraction of sp³-hybridized carbons (Fsp3) is 0.680. The van der Waals surface area contributed by atoms with Gasteiger partial charge in [0.2, 0.25) is 0 Å². The van der Waals surface area contributed by atoms with E-state index in [1.807, 2.05) is 12.0 Å². The molecule has 6 saturated carbocycles. The number of methoxy groups -OCH3 is 3. The first-order valence-corrected chi connectivity index (χ1v) is 38.8. The summed E-state index contributed by atoms with van der Waals surface area (Å²) in [5, 5.41) is 7.64. The van der Waals surface area contributed by atoms with Crippen LogP contribution in [0.5, 0.6) is 17.2 Å². The first-order valence-electron chi connectivity index (χ1n) is 35.9. The van der Waals surface area contributed by atoms with E-state index < -0.39 is 16.6 Å². The molecule has 3 aromatic carbocycles. The molecule has 0 aromatic heterocycles. The summed E-state index contributed by atoms with van der Waals surface area (Å²) in [6.45, 7) is 12.2. The van der Waals surface area contributed by atoms with Crippen LogP contribution in [0.3, 0.4) is 0 Å². The van der Waals surface area contributed by atoms with Crippen LogP contribution in [0.1, 0.15) is 202 Å². The number of thiocarbonyl (C=S) groups is 1. The third-order valence-electron chi connectivity index (χ3n) is 23.1. The van der Waals surface area contributed by atoms with Gasteiger partial charge in [0.25, 0.3) is 17.7 Å². The number of carbonyl (C=O) groups excluding carboxylic acids is 3. The maximum Gasteiger partial charge on any atom is 0.262 e. The van der Waals surface area contributed by atoms with Crippen LogP contribution in [-0.2, 0) is 64.5 Å². The SMILES string of the molecule is CCCI.CCCN1C(=O)C2(N=C1N)c1cc(OCC3CC3)ccc1CC21CCC(OC)CC1.CCCSC1=NC2(C(=O)N1CCC)c1cc(OCC3CC3)ccc1CC21CCC(OC)CC1.COC1CCC2(CC1)Cc1ccc(OCC3CC3)cc1C21NC(=S)NC1=O. The fourth-order valence-electron chi connectivity index (χ4n) is 17.4. The lowest BCUT2D eigenvalue weighted by Crippen LogP contribution is -2.56. The van der Waals surface area contributed by atoms with Gasteiger partial charge >= 0.3 is 0 Å². The number of nitrogens with one attached hydrogen (secondary N) is 2. The number of alkyl halides is 1. The van der Waals surface area contributed by atoms with Crippen LogP contribution in [-0.4, -0.2) is 126 Å². The van der Waals surface area contributed by atoms with Crippen LogP contribution < -0.4 is 30.6 Å². The van der Waals surface area contributed by atoms with E-state index in [-0.39, 0.29) is 52.3 Å². The van der Waals surface area contributed by atoms with Crippen LogP contribution in [0.4, 0.5) is 0 Å². The minimum atomic E-state index is -0.917. The van der Waals surface area contributed by atoms with Gasteiger partial charge in [0, 0.05) is 56.4 Å². The Morgan fingerprint density at radius 1 is 0.553 bits per heavy atom. The van der Waals surface area contributed by atoms with Crippen LogP contribution in [0.2, 0.25) is 0 Å². The number of thioether (sulfide) groups is 1. The molecule has 6 spiro atoms. The molecule has 19 heteroatoms. The Balaban J connectivity index is 0.000000132. The minimum absolute atomic E-state index is 0.0125. The number of carbonyl (C=O) groups is 3. The Hall–Kier alpha value is -4.54. The second-order valence-corrected chi connectivity index (χ2v) is 31.8. The molecule has 512 valence electrons. The number of fused-ring (bicyclic) bond motifs is 9. The molecule has 3 aromatic rings. The third-order valence-corrected chi connectivity index (χ3v) is 25.6. The van der Waals surface area contributed by atoms with Crippen molar-refractivity contribution in [2.24, 2.45) is 49.7 Å². The molecule has 1 saturated heterocycles. The number of halogens is 1. The number of ether oxygens (including phenoxy) is 6. The van der Waals surface area contributed by atoms with Gasteiger partial charge in [-0.25, -0.2) is 9.98 Å². The second-order valence-electron chi connectivity index (χ2n) is 29.3. The number of amides is 3. The molecule has 3 aliphatic heterocycles. The van der Waals surface area contributed by atoms with Crippen molar-refractivity contribution >= 4 is 80.5 Å². The number of nitrogens with two attached hydrogens (primary N) is 1. The normalized spacial score (nSPS) is 31.6. The lowest BCUT2D eigenvalue weighted by atomic mass is 9.61. The molecule has 4 N–H and O–H groups in total. The van der Waals surface area contributed by atoms with Crippen molar-refractivity contribution in [2.45, 2.75) is 223 Å². The molecule has 3 amide bonds. The van der Waals surface area contributed by atoms with E-state index in [4.69, 9.17) is 56.4 Å². The summed E-state index contributed by atoms with van der Waals surface area (Å²) in [6.07, 6.45) is 26.7. The first-order chi connectivity index (χ1) is 45.6. The van der Waals surface area contributed by atoms with Gasteiger partial charge in [0.05, 0.1) is 38.1 Å². The number of nitrogens with zero attached hydrogens (tertiary/aromatic N) is 4. The number of aliphatic imine (C=N–C) groups is 2. The minimum Gasteiger partial charge on any atom is -0.493 e. The van der Waals surface area contributed by atoms with Crippen molar-refractivity contribution in [1.29, 1.82) is 0 Å². The van der Waals surface area contributed by atoms with Gasteiger partial charge in [0.1, 0.15) is 17.2 Å². The Morgan fingerprint density at radius 2 is 0.947 bits per heavy atom. The highest BCUT2D eigenvalue weighted by Crippen LogP contribution is 2.65. The van der Waals surface area contributed by atoms with E-state index in [1.165, 1.54) is 66.1 Å². The van der Waals surface area contributed by atoms with Crippen LogP contribution in [0.15, 0.2) is 64.6 Å². The van der Waals surface area contributed by atoms with Gasteiger partial charge in [0.15, 0.2) is 32.9 Å². The number of hydrogen-bond donors (Lipinski definition) is 3. The van der Waals surface area contributed by atoms with Gasteiger partial charge in [-0.05, 0) is 265 Å². The molecule has 7 fully saturated rings. The average molecular weight is 1440 g/mol. The molecular formula is C75H104IN7O9S2. The molecule has 3 heterocycles. The van der Waals surface area contributed by atoms with Crippen molar-refractivity contribution < 1.29 is 42.8 Å². The number of rotatable bonds is 19. The lowest BCUT2D eigenvalue weighted by molar-refractivity contribution is -0.139. The topological polar surface area (TPSA) is 188 Å². The summed E-state index contributed by atoms with van der Waals surface area (Å²) < 4.78 is 36.5. The Bertz CT molecular complexity index is 3310. The molecule has 3 unspecified atom stereocenters. The number of hydrogen-bond acceptors (Lipinski definition) is 14. The van der Waals surface area contributed by atoms with E-state index in [9.17, 15) is 14.4 Å². The maximum absolute atomic E-state index is 14.4. The van der Waals surface area contributed by atoms with Crippen molar-refractivity contribution in [3.8, 4) is 17.2 Å². The van der Waals surface area contributed by atoms with Crippen molar-refractivity contribution in [1.82, 2.24) is 20.4 Å². The zero-order chi connectivity index (χ0) is 66.0. The number of amidine groups is 1. The van der Waals surface area contributed by atoms with E-state index in [2.05, 4.69) is 116 Å². The zero-order valence-corrected chi connectivity index (χ0v) is 60.8. The van der Waals surface area contributed by atoms with E-state index in [0.717, 1.165) is 187 Å². The second kappa shape index (κ2) is 29.1. The molecule has 94 heavy (non-hydrogen) atoms. The Kier molecular flexibility index (Phi) is 21.5. The van der Waals surface area contributed by atoms with Gasteiger partial charge < -0.3 is 44.8 Å². The smallest absolute Gasteiger partial charge is 0.262 e. The molecule has 16 nitrogen and oxygen atoms in total. The molecule has 9 aliphatic carbocycles. The summed E-state index contributed by atoms with van der Waals surface area (Å²) in [4.78, 5) is 55.7. The highest BCUT2D eigenvalue weighted by atomic mass is 127. The Labute approximate surface area is 582 Å². The standard InChI is InChI=1S/C27H38N2O3S.C24H33N3O3.C21H26N2O3S.C3H7I/c1-4-14-29-24(30)27(28-25(29)33-15-5-2)23-16-22(32-18-19-6-7-19)9-8-20(23)17-26(27)12-10-21(31-3)11-13-26;1-3-12-27-21(28)24(26-22(27)25)20-13-19(30-15-16-4-5-16)7-6-17(20)14-23(24)10-8-18(29-2)9-11-23;1-25-15-6-8-20(9-7-15)11-14-4-5-16(26-12-13-2-3-13)10-17(14)21(20)18(24)22-19(27)23-21;1-2-3-4/h8-9,16,19,21H,4-7,10-15,17-18H2,1-3H3;6-7,13,16,18H,3-5,8-12,14-15H2,1-2H3,(H2,25,26);4-5,10,13,15H,2-3,6-9,11-12H2,1H3,(H2,22,23,24,27);2-3H2,1H3. The summed E-state index contributed by atoms with van der Waals surface area (Å²) >= 11 is 9.46. The summed E-state index contributed by atoms with van der Waals surface area (Å²) in [6, 6.07) is 19.0. The van der Waals surface area contributed by atoms with Crippen LogP contribution in [0.25, 0.3) is 0 Å². The summed E-state index contributed by atoms with van der Waals surface area (Å²) in [5.74, 6) is 6.26. The van der Waals surface area contributed by atoms with Crippen molar-refractivity contribution in [3.63, 3.8) is 0 Å². The monoisotopic (exact) mass is 1440 g/mol. The van der Waals surface area contributed by atoms with Crippen molar-refractivity contribution in [3.05, 3.63) is 88.0 Å². The number of benzene rings is 3. The largest absolute Gasteiger partial charge is 0.493 e. The predicted octanol–water partition coefficient (Wildman–Crippen LogP) is 13.6. The maximum atomic E-state index is 14.4. The summed E-state index contributed by atoms with van der Waals surface area (Å²) in [7, 11) is 5.37.